The molecule has 2 rings (SSSR count). The van der Waals surface area contributed by atoms with Crippen LogP contribution in [0, 0.1) is 0 Å². The molecule has 3 nitrogen and oxygen atoms in total. The molecule has 18 heavy (non-hydrogen) atoms. The first kappa shape index (κ1) is 13.8. The fourth-order valence-electron chi connectivity index (χ4n) is 1.86. The van der Waals surface area contributed by atoms with Crippen molar-refractivity contribution in [2.75, 3.05) is 29.6 Å². The van der Waals surface area contributed by atoms with Crippen molar-refractivity contribution in [1.29, 1.82) is 0 Å². The van der Waals surface area contributed by atoms with Crippen molar-refractivity contribution in [2.45, 2.75) is 17.4 Å². The van der Waals surface area contributed by atoms with E-state index in [0.29, 0.717) is 12.5 Å². The third-order valence-corrected chi connectivity index (χ3v) is 4.68. The Kier molecular flexibility index (Phi) is 5.41. The molecule has 0 bridgehead atoms. The van der Waals surface area contributed by atoms with E-state index in [1.165, 1.54) is 4.90 Å². The van der Waals surface area contributed by atoms with Crippen LogP contribution in [0.15, 0.2) is 29.2 Å². The van der Waals surface area contributed by atoms with E-state index in [2.05, 4.69) is 10.6 Å². The predicted molar refractivity (Wildman–Crippen MR) is 80.6 cm³/mol. The molecule has 0 aromatic heterocycles. The van der Waals surface area contributed by atoms with Gasteiger partial charge < -0.3 is 10.6 Å². The third kappa shape index (κ3) is 4.23. The summed E-state index contributed by atoms with van der Waals surface area (Å²) in [5, 5.41) is 6.31. The first-order valence-corrected chi connectivity index (χ1v) is 8.41. The van der Waals surface area contributed by atoms with Crippen molar-refractivity contribution >= 4 is 35.1 Å². The standard InChI is InChI=1S/C13H18N2OS2/c1-17-12-4-2-10(3-5-12)15-13(16)8-11-9-18-7-6-14-11/h2-5,11,14H,6-9H2,1H3,(H,15,16). The molecule has 0 spiro atoms. The molecule has 1 saturated heterocycles. The molecule has 1 amide bonds. The number of hydrogen-bond donors (Lipinski definition) is 2. The smallest absolute Gasteiger partial charge is 0.225 e. The van der Waals surface area contributed by atoms with Gasteiger partial charge in [-0.15, -0.1) is 11.8 Å². The Morgan fingerprint density at radius 2 is 2.28 bits per heavy atom. The average Bonchev–Trinajstić information content (AvgIpc) is 2.40. The Hall–Kier alpha value is -0.650. The number of nitrogens with one attached hydrogen (secondary N) is 2. The van der Waals surface area contributed by atoms with Crippen LogP contribution < -0.4 is 10.6 Å². The molecule has 2 N–H and O–H groups in total. The molecule has 1 aromatic rings. The topological polar surface area (TPSA) is 41.1 Å². The first-order valence-electron chi connectivity index (χ1n) is 6.03. The van der Waals surface area contributed by atoms with E-state index in [1.54, 1.807) is 11.8 Å². The van der Waals surface area contributed by atoms with Gasteiger partial charge in [0.25, 0.3) is 0 Å². The molecule has 1 heterocycles. The fraction of sp³-hybridized carbons (Fsp3) is 0.462. The van der Waals surface area contributed by atoms with Gasteiger partial charge in [0.05, 0.1) is 0 Å². The lowest BCUT2D eigenvalue weighted by atomic mass is 10.2. The summed E-state index contributed by atoms with van der Waals surface area (Å²) in [6.45, 7) is 1.00. The second-order valence-electron chi connectivity index (χ2n) is 4.21. The number of rotatable bonds is 4. The minimum atomic E-state index is 0.0897. The third-order valence-electron chi connectivity index (χ3n) is 2.80. The lowest BCUT2D eigenvalue weighted by Crippen LogP contribution is -2.39. The van der Waals surface area contributed by atoms with Crippen LogP contribution in [-0.2, 0) is 4.79 Å². The second-order valence-corrected chi connectivity index (χ2v) is 6.24. The lowest BCUT2D eigenvalue weighted by Gasteiger charge is -2.22. The maximum Gasteiger partial charge on any atom is 0.225 e. The highest BCUT2D eigenvalue weighted by Gasteiger charge is 2.16. The molecule has 1 aromatic carbocycles. The van der Waals surface area contributed by atoms with Crippen LogP contribution in [0.4, 0.5) is 5.69 Å². The molecule has 1 aliphatic rings. The van der Waals surface area contributed by atoms with Crippen LogP contribution in [0.2, 0.25) is 0 Å². The number of carbonyl (C=O) groups excluding carboxylic acids is 1. The molecule has 0 radical (unpaired) electrons. The van der Waals surface area contributed by atoms with Gasteiger partial charge in [0, 0.05) is 41.1 Å². The molecule has 0 saturated carbocycles. The Morgan fingerprint density at radius 3 is 2.89 bits per heavy atom. The highest BCUT2D eigenvalue weighted by atomic mass is 32.2. The molecule has 0 aliphatic carbocycles. The van der Waals surface area contributed by atoms with Crippen LogP contribution in [-0.4, -0.2) is 36.3 Å². The zero-order valence-electron chi connectivity index (χ0n) is 10.4. The fourth-order valence-corrected chi connectivity index (χ4v) is 3.22. The minimum absolute atomic E-state index is 0.0897. The van der Waals surface area contributed by atoms with Gasteiger partial charge >= 0.3 is 0 Å². The molecule has 1 fully saturated rings. The second kappa shape index (κ2) is 7.07. The van der Waals surface area contributed by atoms with Crippen molar-refractivity contribution in [2.24, 2.45) is 0 Å². The Morgan fingerprint density at radius 1 is 1.50 bits per heavy atom. The molecule has 98 valence electrons. The maximum absolute atomic E-state index is 11.9. The highest BCUT2D eigenvalue weighted by molar-refractivity contribution is 7.99. The number of thioether (sulfide) groups is 2. The Bertz CT molecular complexity index is 388. The van der Waals surface area contributed by atoms with Gasteiger partial charge in [-0.2, -0.15) is 11.8 Å². The number of carbonyl (C=O) groups is 1. The maximum atomic E-state index is 11.9. The van der Waals surface area contributed by atoms with Gasteiger partial charge in [0.15, 0.2) is 0 Å². The summed E-state index contributed by atoms with van der Waals surface area (Å²) in [6.07, 6.45) is 2.59. The molecular weight excluding hydrogens is 264 g/mol. The van der Waals surface area contributed by atoms with Crippen LogP contribution >= 0.6 is 23.5 Å². The molecular formula is C13H18N2OS2. The average molecular weight is 282 g/mol. The summed E-state index contributed by atoms with van der Waals surface area (Å²) in [5.41, 5.74) is 0.876. The van der Waals surface area contributed by atoms with Crippen LogP contribution in [0.3, 0.4) is 0 Å². The van der Waals surface area contributed by atoms with Crippen LogP contribution in [0.5, 0.6) is 0 Å². The van der Waals surface area contributed by atoms with Gasteiger partial charge in [-0.3, -0.25) is 4.79 Å². The SMILES string of the molecule is CSc1ccc(NC(=O)CC2CSCCN2)cc1. The van der Waals surface area contributed by atoms with Gasteiger partial charge in [-0.1, -0.05) is 0 Å². The Labute approximate surface area is 116 Å². The normalized spacial score (nSPS) is 19.5. The summed E-state index contributed by atoms with van der Waals surface area (Å²) in [7, 11) is 0. The summed E-state index contributed by atoms with van der Waals surface area (Å²) >= 11 is 3.61. The predicted octanol–water partition coefficient (Wildman–Crippen LogP) is 2.44. The van der Waals surface area contributed by atoms with E-state index in [1.807, 2.05) is 42.3 Å². The zero-order chi connectivity index (χ0) is 12.8. The van der Waals surface area contributed by atoms with Crippen molar-refractivity contribution in [1.82, 2.24) is 5.32 Å². The van der Waals surface area contributed by atoms with Crippen molar-refractivity contribution in [3.8, 4) is 0 Å². The first-order chi connectivity index (χ1) is 8.78. The van der Waals surface area contributed by atoms with Gasteiger partial charge in [-0.05, 0) is 30.5 Å². The summed E-state index contributed by atoms with van der Waals surface area (Å²) in [4.78, 5) is 13.1. The van der Waals surface area contributed by atoms with Crippen molar-refractivity contribution < 1.29 is 4.79 Å². The molecule has 1 unspecified atom stereocenters. The van der Waals surface area contributed by atoms with E-state index in [4.69, 9.17) is 0 Å². The summed E-state index contributed by atoms with van der Waals surface area (Å²) in [5.74, 6) is 2.26. The number of anilines is 1. The van der Waals surface area contributed by atoms with Crippen LogP contribution in [0.25, 0.3) is 0 Å². The van der Waals surface area contributed by atoms with Gasteiger partial charge in [0.1, 0.15) is 0 Å². The number of amides is 1. The highest BCUT2D eigenvalue weighted by Crippen LogP contribution is 2.18. The minimum Gasteiger partial charge on any atom is -0.326 e. The van der Waals surface area contributed by atoms with E-state index >= 15 is 0 Å². The largest absolute Gasteiger partial charge is 0.326 e. The number of hydrogen-bond acceptors (Lipinski definition) is 4. The molecule has 1 aliphatic heterocycles. The van der Waals surface area contributed by atoms with Crippen molar-refractivity contribution in [3.05, 3.63) is 24.3 Å². The van der Waals surface area contributed by atoms with Crippen molar-refractivity contribution in [3.63, 3.8) is 0 Å². The Balaban J connectivity index is 1.82. The van der Waals surface area contributed by atoms with E-state index in [-0.39, 0.29) is 5.91 Å². The molecule has 1 atom stereocenters. The van der Waals surface area contributed by atoms with E-state index in [0.717, 1.165) is 23.7 Å². The van der Waals surface area contributed by atoms with Gasteiger partial charge in [-0.25, -0.2) is 0 Å². The number of benzene rings is 1. The zero-order valence-corrected chi connectivity index (χ0v) is 12.1. The van der Waals surface area contributed by atoms with Crippen LogP contribution in [0.1, 0.15) is 6.42 Å². The quantitative estimate of drug-likeness (QED) is 0.832. The summed E-state index contributed by atoms with van der Waals surface area (Å²) in [6, 6.07) is 8.26. The van der Waals surface area contributed by atoms with Gasteiger partial charge in [0.2, 0.25) is 5.91 Å². The summed E-state index contributed by atoms with van der Waals surface area (Å²) < 4.78 is 0. The monoisotopic (exact) mass is 282 g/mol. The lowest BCUT2D eigenvalue weighted by molar-refractivity contribution is -0.116. The van der Waals surface area contributed by atoms with E-state index < -0.39 is 0 Å². The van der Waals surface area contributed by atoms with E-state index in [9.17, 15) is 4.79 Å². The molecule has 5 heteroatoms.